The Bertz CT molecular complexity index is 699. The number of carboxylic acids is 1. The molecule has 0 aliphatic rings. The minimum absolute atomic E-state index is 0.288. The van der Waals surface area contributed by atoms with E-state index in [1.165, 1.54) is 6.39 Å². The number of carboxylic acid groups (broad SMARTS) is 1. The lowest BCUT2D eigenvalue weighted by Gasteiger charge is -1.98. The Hall–Kier alpha value is -2.40. The van der Waals surface area contributed by atoms with E-state index in [4.69, 9.17) is 9.52 Å². The molecule has 0 fully saturated rings. The molecule has 0 saturated carbocycles. The number of carbonyl (C=O) groups is 1. The van der Waals surface area contributed by atoms with Gasteiger partial charge in [-0.1, -0.05) is 12.1 Å². The first-order valence-corrected chi connectivity index (χ1v) is 6.38. The van der Waals surface area contributed by atoms with Gasteiger partial charge in [-0.2, -0.15) is 0 Å². The molecule has 94 valence electrons. The average Bonchev–Trinajstić information content (AvgIpc) is 3.10. The normalized spacial score (nSPS) is 10.5. The molecule has 0 amide bonds. The first-order valence-electron chi connectivity index (χ1n) is 5.56. The molecule has 0 saturated heterocycles. The van der Waals surface area contributed by atoms with E-state index >= 15 is 0 Å². The van der Waals surface area contributed by atoms with Gasteiger partial charge in [0.2, 0.25) is 0 Å². The van der Waals surface area contributed by atoms with Crippen molar-refractivity contribution in [3.05, 3.63) is 54.6 Å². The van der Waals surface area contributed by atoms with Crippen LogP contribution in [-0.2, 0) is 0 Å². The highest BCUT2D eigenvalue weighted by atomic mass is 32.1. The average molecular weight is 271 g/mol. The van der Waals surface area contributed by atoms with Gasteiger partial charge in [-0.15, -0.1) is 11.3 Å². The van der Waals surface area contributed by atoms with Crippen molar-refractivity contribution < 1.29 is 14.3 Å². The van der Waals surface area contributed by atoms with Crippen molar-refractivity contribution in [2.45, 2.75) is 0 Å². The summed E-state index contributed by atoms with van der Waals surface area (Å²) in [5.74, 6) is -0.182. The maximum atomic E-state index is 10.8. The number of rotatable bonds is 3. The Balaban J connectivity index is 1.92. The molecule has 2 aromatic heterocycles. The second-order valence-electron chi connectivity index (χ2n) is 3.91. The van der Waals surface area contributed by atoms with E-state index in [1.54, 1.807) is 41.8 Å². The molecule has 0 aliphatic heterocycles. The minimum atomic E-state index is -0.917. The lowest BCUT2D eigenvalue weighted by Crippen LogP contribution is -1.94. The smallest absolute Gasteiger partial charge is 0.335 e. The largest absolute Gasteiger partial charge is 0.478 e. The topological polar surface area (TPSA) is 63.3 Å². The molecule has 0 unspecified atom stereocenters. The molecule has 1 aromatic carbocycles. The van der Waals surface area contributed by atoms with Gasteiger partial charge < -0.3 is 9.52 Å². The maximum absolute atomic E-state index is 10.8. The van der Waals surface area contributed by atoms with Crippen LogP contribution < -0.4 is 0 Å². The fourth-order valence-electron chi connectivity index (χ4n) is 1.74. The molecule has 2 heterocycles. The Morgan fingerprint density at radius 2 is 1.84 bits per heavy atom. The third-order valence-electron chi connectivity index (χ3n) is 2.70. The van der Waals surface area contributed by atoms with Gasteiger partial charge in [-0.05, 0) is 29.8 Å². The van der Waals surface area contributed by atoms with E-state index in [-0.39, 0.29) is 5.56 Å². The van der Waals surface area contributed by atoms with Gasteiger partial charge in [-0.3, -0.25) is 0 Å². The third-order valence-corrected chi connectivity index (χ3v) is 3.85. The summed E-state index contributed by atoms with van der Waals surface area (Å²) in [4.78, 5) is 16.7. The van der Waals surface area contributed by atoms with Crippen molar-refractivity contribution in [2.24, 2.45) is 0 Å². The van der Waals surface area contributed by atoms with Crippen LogP contribution in [0.4, 0.5) is 0 Å². The van der Waals surface area contributed by atoms with Crippen LogP contribution in [0.25, 0.3) is 21.1 Å². The predicted octanol–water partition coefficient (Wildman–Crippen LogP) is 3.77. The second-order valence-corrected chi connectivity index (χ2v) is 5.00. The number of hydrogen-bond donors (Lipinski definition) is 1. The SMILES string of the molecule is O=C(O)c1ccc(-c2ccc(-c3cnco3)s2)cc1. The molecule has 5 heteroatoms. The van der Waals surface area contributed by atoms with Crippen molar-refractivity contribution in [1.82, 2.24) is 4.98 Å². The molecule has 0 spiro atoms. The standard InChI is InChI=1S/C14H9NO3S/c16-14(17)10-3-1-9(2-4-10)12-5-6-13(19-12)11-7-15-8-18-11/h1-8H,(H,16,17). The van der Waals surface area contributed by atoms with Crippen molar-refractivity contribution in [1.29, 1.82) is 0 Å². The second kappa shape index (κ2) is 4.70. The van der Waals surface area contributed by atoms with Crippen molar-refractivity contribution in [3.8, 4) is 21.1 Å². The predicted molar refractivity (Wildman–Crippen MR) is 72.2 cm³/mol. The van der Waals surface area contributed by atoms with Crippen molar-refractivity contribution in [3.63, 3.8) is 0 Å². The molecular weight excluding hydrogens is 262 g/mol. The Labute approximate surface area is 113 Å². The number of nitrogens with zero attached hydrogens (tertiary/aromatic N) is 1. The number of aromatic carboxylic acids is 1. The van der Waals surface area contributed by atoms with Gasteiger partial charge in [0.05, 0.1) is 16.6 Å². The molecule has 3 rings (SSSR count). The number of aromatic nitrogens is 1. The van der Waals surface area contributed by atoms with E-state index in [2.05, 4.69) is 4.98 Å². The van der Waals surface area contributed by atoms with Crippen LogP contribution in [0.1, 0.15) is 10.4 Å². The summed E-state index contributed by atoms with van der Waals surface area (Å²) in [7, 11) is 0. The van der Waals surface area contributed by atoms with Crippen LogP contribution in [0.15, 0.2) is 53.4 Å². The van der Waals surface area contributed by atoms with Gasteiger partial charge >= 0.3 is 5.97 Å². The fraction of sp³-hybridized carbons (Fsp3) is 0. The first kappa shape index (κ1) is 11.7. The zero-order chi connectivity index (χ0) is 13.2. The lowest BCUT2D eigenvalue weighted by molar-refractivity contribution is 0.0697. The molecular formula is C14H9NO3S. The van der Waals surface area contributed by atoms with Crippen LogP contribution in [0.3, 0.4) is 0 Å². The summed E-state index contributed by atoms with van der Waals surface area (Å²) in [6.07, 6.45) is 3.07. The molecule has 1 N–H and O–H groups in total. The number of oxazole rings is 1. The summed E-state index contributed by atoms with van der Waals surface area (Å²) < 4.78 is 5.24. The summed E-state index contributed by atoms with van der Waals surface area (Å²) in [6, 6.07) is 10.8. The van der Waals surface area contributed by atoms with Crippen LogP contribution in [0, 0.1) is 0 Å². The van der Waals surface area contributed by atoms with E-state index < -0.39 is 5.97 Å². The quantitative estimate of drug-likeness (QED) is 0.787. The van der Waals surface area contributed by atoms with Gasteiger partial charge in [-0.25, -0.2) is 9.78 Å². The Morgan fingerprint density at radius 1 is 1.11 bits per heavy atom. The number of thiophene rings is 1. The zero-order valence-electron chi connectivity index (χ0n) is 9.74. The molecule has 0 atom stereocenters. The van der Waals surface area contributed by atoms with Crippen LogP contribution >= 0.6 is 11.3 Å². The molecule has 4 nitrogen and oxygen atoms in total. The van der Waals surface area contributed by atoms with E-state index in [9.17, 15) is 4.79 Å². The van der Waals surface area contributed by atoms with Crippen LogP contribution in [0.5, 0.6) is 0 Å². The number of benzene rings is 1. The minimum Gasteiger partial charge on any atom is -0.478 e. The summed E-state index contributed by atoms with van der Waals surface area (Å²) in [5.41, 5.74) is 1.27. The van der Waals surface area contributed by atoms with Gasteiger partial charge in [0.25, 0.3) is 0 Å². The van der Waals surface area contributed by atoms with Crippen molar-refractivity contribution >= 4 is 17.3 Å². The highest BCUT2D eigenvalue weighted by molar-refractivity contribution is 7.18. The lowest BCUT2D eigenvalue weighted by atomic mass is 10.1. The first-order chi connectivity index (χ1) is 9.24. The fourth-order valence-corrected chi connectivity index (χ4v) is 2.70. The summed E-state index contributed by atoms with van der Waals surface area (Å²) >= 11 is 1.58. The maximum Gasteiger partial charge on any atom is 0.335 e. The molecule has 3 aromatic rings. The summed E-state index contributed by atoms with van der Waals surface area (Å²) in [5, 5.41) is 8.86. The number of hydrogen-bond acceptors (Lipinski definition) is 4. The molecule has 0 bridgehead atoms. The van der Waals surface area contributed by atoms with E-state index in [1.807, 2.05) is 12.1 Å². The monoisotopic (exact) mass is 271 g/mol. The molecule has 0 radical (unpaired) electrons. The van der Waals surface area contributed by atoms with Crippen molar-refractivity contribution in [2.75, 3.05) is 0 Å². The van der Waals surface area contributed by atoms with Crippen LogP contribution in [0.2, 0.25) is 0 Å². The summed E-state index contributed by atoms with van der Waals surface area (Å²) in [6.45, 7) is 0. The zero-order valence-corrected chi connectivity index (χ0v) is 10.6. The van der Waals surface area contributed by atoms with Crippen LogP contribution in [-0.4, -0.2) is 16.1 Å². The van der Waals surface area contributed by atoms with E-state index in [0.29, 0.717) is 0 Å². The van der Waals surface area contributed by atoms with Gasteiger partial charge in [0.15, 0.2) is 12.2 Å². The van der Waals surface area contributed by atoms with Gasteiger partial charge in [0, 0.05) is 4.88 Å². The highest BCUT2D eigenvalue weighted by Crippen LogP contribution is 2.34. The molecule has 19 heavy (non-hydrogen) atoms. The molecule has 0 aliphatic carbocycles. The third kappa shape index (κ3) is 2.28. The van der Waals surface area contributed by atoms with E-state index in [0.717, 1.165) is 21.1 Å². The Kier molecular flexibility index (Phi) is 2.89. The van der Waals surface area contributed by atoms with Gasteiger partial charge in [0.1, 0.15) is 0 Å². The Morgan fingerprint density at radius 3 is 2.47 bits per heavy atom. The highest BCUT2D eigenvalue weighted by Gasteiger charge is 2.08.